The highest BCUT2D eigenvalue weighted by molar-refractivity contribution is 5.92. The number of rotatable bonds is 6. The second kappa shape index (κ2) is 8.47. The number of carbonyl (C=O) groups is 1. The summed E-state index contributed by atoms with van der Waals surface area (Å²) in [5, 5.41) is 11.2. The molecule has 0 aliphatic carbocycles. The number of nitrogens with zero attached hydrogens (tertiary/aromatic N) is 3. The molecule has 2 aromatic carbocycles. The number of hydrogen-bond donors (Lipinski definition) is 1. The largest absolute Gasteiger partial charge is 0.329 e. The van der Waals surface area contributed by atoms with Gasteiger partial charge in [-0.1, -0.05) is 12.1 Å². The first-order valence-electron chi connectivity index (χ1n) is 9.06. The van der Waals surface area contributed by atoms with Gasteiger partial charge in [0.15, 0.2) is 0 Å². The molecule has 0 spiro atoms. The van der Waals surface area contributed by atoms with Gasteiger partial charge in [0.25, 0.3) is 11.2 Å². The van der Waals surface area contributed by atoms with E-state index in [0.29, 0.717) is 22.3 Å². The minimum Gasteiger partial charge on any atom is -0.329 e. The molecular weight excluding hydrogens is 372 g/mol. The molecule has 0 radical (unpaired) electrons. The summed E-state index contributed by atoms with van der Waals surface area (Å²) in [5.41, 5.74) is 0.987. The zero-order chi connectivity index (χ0) is 21.0. The third-order valence-corrected chi connectivity index (χ3v) is 4.41. The number of hydrogen-bond acceptors (Lipinski definition) is 5. The summed E-state index contributed by atoms with van der Waals surface area (Å²) in [7, 11) is 0. The van der Waals surface area contributed by atoms with Crippen LogP contribution in [0.1, 0.15) is 25.2 Å². The fourth-order valence-electron chi connectivity index (χ4n) is 2.86. The molecule has 29 heavy (non-hydrogen) atoms. The minimum absolute atomic E-state index is 0.0105. The van der Waals surface area contributed by atoms with E-state index >= 15 is 0 Å². The van der Waals surface area contributed by atoms with E-state index in [0.717, 1.165) is 0 Å². The minimum atomic E-state index is -0.476. The number of H-pyrrole nitrogens is 1. The molecule has 1 aromatic heterocycles. The molecule has 0 unspecified atom stereocenters. The van der Waals surface area contributed by atoms with Gasteiger partial charge in [0, 0.05) is 24.3 Å². The number of amides is 1. The van der Waals surface area contributed by atoms with Gasteiger partial charge in [-0.15, -0.1) is 0 Å². The fraction of sp³-hybridized carbons (Fsp3) is 0.190. The van der Waals surface area contributed by atoms with Crippen molar-refractivity contribution in [3.63, 3.8) is 0 Å². The van der Waals surface area contributed by atoms with Gasteiger partial charge in [-0.05, 0) is 49.8 Å². The molecule has 3 rings (SSSR count). The quantitative estimate of drug-likeness (QED) is 0.393. The number of carbonyl (C=O) groups excluding carboxylic acids is 1. The Bertz CT molecular complexity index is 1130. The fourth-order valence-corrected chi connectivity index (χ4v) is 2.86. The lowest BCUT2D eigenvalue weighted by molar-refractivity contribution is -0.384. The van der Waals surface area contributed by atoms with Crippen LogP contribution in [0.2, 0.25) is 0 Å². The Hall–Kier alpha value is -3.81. The van der Waals surface area contributed by atoms with E-state index in [4.69, 9.17) is 0 Å². The number of aromatic nitrogens is 2. The van der Waals surface area contributed by atoms with E-state index in [-0.39, 0.29) is 29.7 Å². The Labute approximate surface area is 166 Å². The topological polar surface area (TPSA) is 109 Å². The van der Waals surface area contributed by atoms with Crippen molar-refractivity contribution in [1.82, 2.24) is 14.9 Å². The van der Waals surface area contributed by atoms with E-state index in [1.807, 2.05) is 13.8 Å². The number of non-ortho nitro benzene ring substituents is 1. The van der Waals surface area contributed by atoms with Crippen LogP contribution in [-0.2, 0) is 11.3 Å². The first kappa shape index (κ1) is 19.9. The highest BCUT2D eigenvalue weighted by Gasteiger charge is 2.17. The Kier molecular flexibility index (Phi) is 5.82. The first-order valence-corrected chi connectivity index (χ1v) is 9.06. The number of nitrogens with one attached hydrogen (secondary N) is 1. The standard InChI is InChI=1S/C21H20N4O4/c1-14(2)24(13-19-22-18-6-4-3-5-17(18)21(27)23-19)20(26)12-9-15-7-10-16(11-8-15)25(28)29/h3-12,14H,13H2,1-2H3,(H,22,23,27)/b12-9+. The molecule has 1 heterocycles. The molecular formula is C21H20N4O4. The van der Waals surface area contributed by atoms with Crippen molar-refractivity contribution < 1.29 is 9.72 Å². The molecule has 0 saturated carbocycles. The Balaban J connectivity index is 1.79. The van der Waals surface area contributed by atoms with Gasteiger partial charge >= 0.3 is 0 Å². The van der Waals surface area contributed by atoms with Crippen molar-refractivity contribution >= 4 is 28.6 Å². The second-order valence-electron chi connectivity index (χ2n) is 6.77. The molecule has 3 aromatic rings. The Morgan fingerprint density at radius 3 is 2.55 bits per heavy atom. The molecule has 8 heteroatoms. The van der Waals surface area contributed by atoms with Crippen molar-refractivity contribution in [3.8, 4) is 0 Å². The van der Waals surface area contributed by atoms with Crippen LogP contribution >= 0.6 is 0 Å². The second-order valence-corrected chi connectivity index (χ2v) is 6.77. The molecule has 1 amide bonds. The SMILES string of the molecule is CC(C)N(Cc1nc2ccccc2c(=O)[nH]1)C(=O)/C=C/c1ccc([N+](=O)[O-])cc1. The lowest BCUT2D eigenvalue weighted by Crippen LogP contribution is -2.36. The molecule has 0 fully saturated rings. The van der Waals surface area contributed by atoms with Crippen molar-refractivity contribution in [2.75, 3.05) is 0 Å². The number of para-hydroxylation sites is 1. The van der Waals surface area contributed by atoms with Crippen LogP contribution in [0.4, 0.5) is 5.69 Å². The van der Waals surface area contributed by atoms with E-state index in [1.54, 1.807) is 47.4 Å². The van der Waals surface area contributed by atoms with Crippen molar-refractivity contribution in [2.24, 2.45) is 0 Å². The van der Waals surface area contributed by atoms with Crippen molar-refractivity contribution in [3.05, 3.63) is 86.5 Å². The predicted molar refractivity (Wildman–Crippen MR) is 110 cm³/mol. The van der Waals surface area contributed by atoms with E-state index in [9.17, 15) is 19.7 Å². The van der Waals surface area contributed by atoms with Gasteiger partial charge in [-0.25, -0.2) is 4.98 Å². The lowest BCUT2D eigenvalue weighted by atomic mass is 10.2. The normalized spacial score (nSPS) is 11.3. The summed E-state index contributed by atoms with van der Waals surface area (Å²) in [5.74, 6) is 0.147. The third kappa shape index (κ3) is 4.73. The predicted octanol–water partition coefficient (Wildman–Crippen LogP) is 3.28. The summed E-state index contributed by atoms with van der Waals surface area (Å²) in [6, 6.07) is 12.8. The van der Waals surface area contributed by atoms with Gasteiger partial charge in [0.2, 0.25) is 5.91 Å². The Morgan fingerprint density at radius 2 is 1.90 bits per heavy atom. The zero-order valence-corrected chi connectivity index (χ0v) is 16.0. The van der Waals surface area contributed by atoms with Crippen LogP contribution in [0, 0.1) is 10.1 Å². The molecule has 0 atom stereocenters. The smallest absolute Gasteiger partial charge is 0.269 e. The Morgan fingerprint density at radius 1 is 1.21 bits per heavy atom. The molecule has 8 nitrogen and oxygen atoms in total. The highest BCUT2D eigenvalue weighted by atomic mass is 16.6. The summed E-state index contributed by atoms with van der Waals surface area (Å²) >= 11 is 0. The maximum Gasteiger partial charge on any atom is 0.269 e. The van der Waals surface area contributed by atoms with Crippen LogP contribution in [-0.4, -0.2) is 31.7 Å². The number of aromatic amines is 1. The molecule has 0 bridgehead atoms. The summed E-state index contributed by atoms with van der Waals surface area (Å²) in [4.78, 5) is 43.9. The number of fused-ring (bicyclic) bond motifs is 1. The van der Waals surface area contributed by atoms with Crippen LogP contribution < -0.4 is 5.56 Å². The third-order valence-electron chi connectivity index (χ3n) is 4.41. The van der Waals surface area contributed by atoms with Gasteiger partial charge in [0.1, 0.15) is 5.82 Å². The number of benzene rings is 2. The van der Waals surface area contributed by atoms with Crippen LogP contribution in [0.5, 0.6) is 0 Å². The van der Waals surface area contributed by atoms with Crippen LogP contribution in [0.25, 0.3) is 17.0 Å². The average Bonchev–Trinajstić information content (AvgIpc) is 2.70. The first-order chi connectivity index (χ1) is 13.8. The van der Waals surface area contributed by atoms with E-state index < -0.39 is 4.92 Å². The van der Waals surface area contributed by atoms with Crippen molar-refractivity contribution in [1.29, 1.82) is 0 Å². The molecule has 1 N–H and O–H groups in total. The molecule has 0 aliphatic heterocycles. The number of nitro benzene ring substituents is 1. The molecule has 0 aliphatic rings. The number of nitro groups is 1. The molecule has 0 saturated heterocycles. The maximum absolute atomic E-state index is 12.7. The maximum atomic E-state index is 12.7. The molecule has 148 valence electrons. The van der Waals surface area contributed by atoms with Gasteiger partial charge in [-0.2, -0.15) is 0 Å². The lowest BCUT2D eigenvalue weighted by Gasteiger charge is -2.25. The van der Waals surface area contributed by atoms with Gasteiger partial charge in [0.05, 0.1) is 22.4 Å². The van der Waals surface area contributed by atoms with Gasteiger partial charge in [-0.3, -0.25) is 19.7 Å². The monoisotopic (exact) mass is 392 g/mol. The van der Waals surface area contributed by atoms with Crippen LogP contribution in [0.3, 0.4) is 0 Å². The summed E-state index contributed by atoms with van der Waals surface area (Å²) in [6.07, 6.45) is 3.00. The summed E-state index contributed by atoms with van der Waals surface area (Å²) in [6.45, 7) is 3.90. The highest BCUT2D eigenvalue weighted by Crippen LogP contribution is 2.14. The zero-order valence-electron chi connectivity index (χ0n) is 16.0. The van der Waals surface area contributed by atoms with Crippen molar-refractivity contribution in [2.45, 2.75) is 26.4 Å². The summed E-state index contributed by atoms with van der Waals surface area (Å²) < 4.78 is 0. The average molecular weight is 392 g/mol. The van der Waals surface area contributed by atoms with E-state index in [2.05, 4.69) is 9.97 Å². The van der Waals surface area contributed by atoms with Crippen LogP contribution in [0.15, 0.2) is 59.4 Å². The van der Waals surface area contributed by atoms with Gasteiger partial charge < -0.3 is 9.88 Å². The van der Waals surface area contributed by atoms with E-state index in [1.165, 1.54) is 18.2 Å².